The molecule has 1 spiro atoms. The highest BCUT2D eigenvalue weighted by molar-refractivity contribution is 5.91. The number of nitrogens with one attached hydrogen (secondary N) is 1. The van der Waals surface area contributed by atoms with E-state index in [0.29, 0.717) is 13.2 Å². The molecule has 0 bridgehead atoms. The molecule has 2 atom stereocenters. The van der Waals surface area contributed by atoms with Crippen molar-refractivity contribution < 1.29 is 18.8 Å². The van der Waals surface area contributed by atoms with Crippen LogP contribution in [0.2, 0.25) is 0 Å². The lowest BCUT2D eigenvalue weighted by Gasteiger charge is -2.32. The third-order valence-electron chi connectivity index (χ3n) is 5.13. The largest absolute Gasteiger partial charge is 0.377 e. The van der Waals surface area contributed by atoms with E-state index in [2.05, 4.69) is 15.4 Å². The molecule has 2 saturated heterocycles. The second-order valence-electron chi connectivity index (χ2n) is 7.28. The second kappa shape index (κ2) is 6.82. The van der Waals surface area contributed by atoms with Gasteiger partial charge in [0, 0.05) is 32.2 Å². The number of hydrogen-bond donors (Lipinski definition) is 1. The van der Waals surface area contributed by atoms with Crippen molar-refractivity contribution in [2.75, 3.05) is 39.4 Å². The summed E-state index contributed by atoms with van der Waals surface area (Å²) in [4.78, 5) is 14.4. The molecule has 3 fully saturated rings. The molecule has 1 aromatic rings. The summed E-state index contributed by atoms with van der Waals surface area (Å²) in [5, 5.41) is 6.42. The van der Waals surface area contributed by atoms with E-state index in [9.17, 15) is 4.79 Å². The summed E-state index contributed by atoms with van der Waals surface area (Å²) >= 11 is 0. The van der Waals surface area contributed by atoms with Gasteiger partial charge in [-0.15, -0.1) is 0 Å². The smallest absolute Gasteiger partial charge is 0.289 e. The summed E-state index contributed by atoms with van der Waals surface area (Å²) in [7, 11) is 0. The molecule has 1 aliphatic carbocycles. The van der Waals surface area contributed by atoms with Crippen molar-refractivity contribution in [1.29, 1.82) is 0 Å². The molecule has 1 N–H and O–H groups in total. The third-order valence-corrected chi connectivity index (χ3v) is 5.13. The van der Waals surface area contributed by atoms with Crippen molar-refractivity contribution >= 4 is 5.91 Å². The van der Waals surface area contributed by atoms with E-state index in [1.54, 1.807) is 6.07 Å². The molecule has 1 saturated carbocycles. The van der Waals surface area contributed by atoms with E-state index in [1.807, 2.05) is 0 Å². The first-order valence-corrected chi connectivity index (χ1v) is 8.89. The Labute approximate surface area is 141 Å². The predicted octanol–water partition coefficient (Wildman–Crippen LogP) is 1.06. The van der Waals surface area contributed by atoms with Crippen LogP contribution in [0.5, 0.6) is 0 Å². The topological polar surface area (TPSA) is 76.8 Å². The molecule has 7 heteroatoms. The zero-order chi connectivity index (χ0) is 16.4. The molecule has 1 aromatic heterocycles. The minimum atomic E-state index is -0.246. The Hall–Kier alpha value is -1.44. The van der Waals surface area contributed by atoms with Crippen molar-refractivity contribution in [3.63, 3.8) is 0 Å². The molecule has 0 aromatic carbocycles. The van der Waals surface area contributed by atoms with E-state index in [-0.39, 0.29) is 23.4 Å². The van der Waals surface area contributed by atoms with Gasteiger partial charge in [-0.3, -0.25) is 9.69 Å². The van der Waals surface area contributed by atoms with Crippen molar-refractivity contribution in [3.05, 3.63) is 18.0 Å². The van der Waals surface area contributed by atoms with Gasteiger partial charge in [-0.1, -0.05) is 5.16 Å². The van der Waals surface area contributed by atoms with E-state index >= 15 is 0 Å². The molecule has 4 rings (SSSR count). The van der Waals surface area contributed by atoms with Gasteiger partial charge in [-0.25, -0.2) is 0 Å². The zero-order valence-corrected chi connectivity index (χ0v) is 13.9. The van der Waals surface area contributed by atoms with Crippen LogP contribution in [0.4, 0.5) is 0 Å². The Balaban J connectivity index is 1.30. The number of carbonyl (C=O) groups excluding carboxylic acids is 1. The average molecular weight is 335 g/mol. The maximum Gasteiger partial charge on any atom is 0.289 e. The normalized spacial score (nSPS) is 31.2. The van der Waals surface area contributed by atoms with Crippen LogP contribution in [-0.4, -0.2) is 67.1 Å². The fourth-order valence-corrected chi connectivity index (χ4v) is 3.69. The Kier molecular flexibility index (Phi) is 4.56. The molecule has 3 heterocycles. The average Bonchev–Trinajstić information content (AvgIpc) is 3.10. The van der Waals surface area contributed by atoms with Gasteiger partial charge < -0.3 is 19.3 Å². The maximum atomic E-state index is 11.9. The first kappa shape index (κ1) is 16.1. The lowest BCUT2D eigenvalue weighted by Crippen LogP contribution is -2.46. The summed E-state index contributed by atoms with van der Waals surface area (Å²) in [6.07, 6.45) is 6.14. The molecule has 132 valence electrons. The van der Waals surface area contributed by atoms with Crippen LogP contribution in [0.3, 0.4) is 0 Å². The predicted molar refractivity (Wildman–Crippen MR) is 85.7 cm³/mol. The van der Waals surface area contributed by atoms with Gasteiger partial charge in [0.15, 0.2) is 0 Å². The highest BCUT2D eigenvalue weighted by atomic mass is 16.6. The van der Waals surface area contributed by atoms with Crippen LogP contribution in [0.1, 0.15) is 36.2 Å². The summed E-state index contributed by atoms with van der Waals surface area (Å²) < 4.78 is 17.0. The Morgan fingerprint density at radius 2 is 2.33 bits per heavy atom. The molecular formula is C17H25N3O4. The molecule has 0 unspecified atom stereocenters. The van der Waals surface area contributed by atoms with Gasteiger partial charge in [0.25, 0.3) is 5.91 Å². The van der Waals surface area contributed by atoms with Crippen LogP contribution in [-0.2, 0) is 9.47 Å². The van der Waals surface area contributed by atoms with E-state index in [0.717, 1.165) is 38.5 Å². The maximum absolute atomic E-state index is 11.9. The van der Waals surface area contributed by atoms with Crippen LogP contribution < -0.4 is 5.32 Å². The number of hydrogen-bond acceptors (Lipinski definition) is 6. The van der Waals surface area contributed by atoms with E-state index in [1.165, 1.54) is 25.6 Å². The van der Waals surface area contributed by atoms with Gasteiger partial charge in [-0.2, -0.15) is 0 Å². The number of ether oxygens (including phenoxy) is 2. The second-order valence-corrected chi connectivity index (χ2v) is 7.28. The van der Waals surface area contributed by atoms with Crippen LogP contribution in [0.15, 0.2) is 16.8 Å². The van der Waals surface area contributed by atoms with Gasteiger partial charge in [0.2, 0.25) is 5.76 Å². The molecule has 3 aliphatic rings. The molecule has 2 aliphatic heterocycles. The number of nitrogens with zero attached hydrogens (tertiary/aromatic N) is 2. The summed E-state index contributed by atoms with van der Waals surface area (Å²) in [6.45, 7) is 5.03. The van der Waals surface area contributed by atoms with Gasteiger partial charge in [-0.05, 0) is 31.6 Å². The molecule has 7 nitrogen and oxygen atoms in total. The molecule has 1 amide bonds. The van der Waals surface area contributed by atoms with E-state index < -0.39 is 0 Å². The SMILES string of the molecule is O=C(NC[C@H]1CC[C@@]2(COCCN(CC3CC3)C2)O1)c1ccno1. The fourth-order valence-electron chi connectivity index (χ4n) is 3.69. The third kappa shape index (κ3) is 3.79. The summed E-state index contributed by atoms with van der Waals surface area (Å²) in [6, 6.07) is 1.56. The quantitative estimate of drug-likeness (QED) is 0.867. The Morgan fingerprint density at radius 1 is 1.42 bits per heavy atom. The lowest BCUT2D eigenvalue weighted by atomic mass is 10.00. The lowest BCUT2D eigenvalue weighted by molar-refractivity contribution is -0.0846. The number of amides is 1. The van der Waals surface area contributed by atoms with Crippen molar-refractivity contribution in [2.24, 2.45) is 5.92 Å². The van der Waals surface area contributed by atoms with Crippen molar-refractivity contribution in [1.82, 2.24) is 15.4 Å². The monoisotopic (exact) mass is 335 g/mol. The van der Waals surface area contributed by atoms with Crippen LogP contribution >= 0.6 is 0 Å². The number of rotatable bonds is 5. The molecule has 0 radical (unpaired) electrons. The first-order valence-electron chi connectivity index (χ1n) is 8.89. The highest BCUT2D eigenvalue weighted by Gasteiger charge is 2.43. The standard InChI is InChI=1S/C17H25N3O4/c21-16(15-4-6-19-24-15)18-9-14-3-5-17(23-14)11-20(7-8-22-12-17)10-13-1-2-13/h4,6,13-14H,1-3,5,7-12H2,(H,18,21)/t14-,17-/m1/s1. The van der Waals surface area contributed by atoms with Crippen LogP contribution in [0, 0.1) is 5.92 Å². The van der Waals surface area contributed by atoms with Crippen molar-refractivity contribution in [2.45, 2.75) is 37.4 Å². The Morgan fingerprint density at radius 3 is 3.12 bits per heavy atom. The number of aromatic nitrogens is 1. The summed E-state index contributed by atoms with van der Waals surface area (Å²) in [5.74, 6) is 0.860. The molecule has 24 heavy (non-hydrogen) atoms. The van der Waals surface area contributed by atoms with Gasteiger partial charge in [0.05, 0.1) is 25.5 Å². The van der Waals surface area contributed by atoms with Crippen LogP contribution in [0.25, 0.3) is 0 Å². The number of carbonyl (C=O) groups is 1. The highest BCUT2D eigenvalue weighted by Crippen LogP contribution is 2.35. The van der Waals surface area contributed by atoms with E-state index in [4.69, 9.17) is 14.0 Å². The zero-order valence-electron chi connectivity index (χ0n) is 13.9. The minimum Gasteiger partial charge on any atom is -0.377 e. The minimum absolute atomic E-state index is 0.0290. The van der Waals surface area contributed by atoms with Gasteiger partial charge in [0.1, 0.15) is 5.60 Å². The van der Waals surface area contributed by atoms with Crippen molar-refractivity contribution in [3.8, 4) is 0 Å². The summed E-state index contributed by atoms with van der Waals surface area (Å²) in [5.41, 5.74) is -0.215. The fraction of sp³-hybridized carbons (Fsp3) is 0.765. The first-order chi connectivity index (χ1) is 11.7. The van der Waals surface area contributed by atoms with Gasteiger partial charge >= 0.3 is 0 Å². The molecular weight excluding hydrogens is 310 g/mol. The Bertz CT molecular complexity index is 560.